The Kier molecular flexibility index (Phi) is 10.8. The number of rotatable bonds is 12. The second-order valence-corrected chi connectivity index (χ2v) is 11.6. The minimum Gasteiger partial charge on any atom is -0.494 e. The van der Waals surface area contributed by atoms with Crippen LogP contribution in [-0.4, -0.2) is 80.7 Å². The van der Waals surface area contributed by atoms with Crippen LogP contribution in [0.15, 0.2) is 61.0 Å². The van der Waals surface area contributed by atoms with Crippen LogP contribution in [0.25, 0.3) is 0 Å². The van der Waals surface area contributed by atoms with Gasteiger partial charge in [0.2, 0.25) is 0 Å². The lowest BCUT2D eigenvalue weighted by atomic mass is 10.0. The number of benzene rings is 2. The number of hydrogen-bond donors (Lipinski definition) is 4. The molecule has 5 rings (SSSR count). The molecule has 1 unspecified atom stereocenters. The first kappa shape index (κ1) is 31.8. The maximum atomic E-state index is 12.2. The molecule has 0 radical (unpaired) electrons. The number of ketones is 1. The molecule has 3 fully saturated rings. The SMILES string of the molecule is C=CC(=O)CCc1cc(NC(=N)/C=C(\NN)N2OCC[C@@H]2c2cccc(Cl)c2)c(OC)cc1N1CCC(N2CCOCC2)C1. The van der Waals surface area contributed by atoms with Crippen molar-refractivity contribution < 1.29 is 19.1 Å². The van der Waals surface area contributed by atoms with Crippen molar-refractivity contribution in [3.63, 3.8) is 0 Å². The Bertz CT molecular complexity index is 1380. The first-order valence-electron chi connectivity index (χ1n) is 15.0. The molecule has 2 atom stereocenters. The number of nitrogens with zero attached hydrogens (tertiary/aromatic N) is 3. The van der Waals surface area contributed by atoms with Gasteiger partial charge in [-0.1, -0.05) is 30.3 Å². The lowest BCUT2D eigenvalue weighted by Crippen LogP contribution is -2.44. The highest BCUT2D eigenvalue weighted by Crippen LogP contribution is 2.37. The van der Waals surface area contributed by atoms with Gasteiger partial charge in [-0.15, -0.1) is 0 Å². The van der Waals surface area contributed by atoms with E-state index in [1.54, 1.807) is 18.2 Å². The molecule has 2 aromatic carbocycles. The van der Waals surface area contributed by atoms with E-state index >= 15 is 0 Å². The van der Waals surface area contributed by atoms with Crippen LogP contribution in [0.2, 0.25) is 5.02 Å². The molecule has 0 bridgehead atoms. The molecule has 0 aromatic heterocycles. The second-order valence-electron chi connectivity index (χ2n) is 11.1. The van der Waals surface area contributed by atoms with Crippen LogP contribution in [0, 0.1) is 5.41 Å². The van der Waals surface area contributed by atoms with Crippen molar-refractivity contribution in [3.05, 3.63) is 77.1 Å². The Labute approximate surface area is 264 Å². The van der Waals surface area contributed by atoms with E-state index in [1.165, 1.54) is 6.08 Å². The standard InChI is InChI=1S/C32H42ClN7O4/c1-3-26(41)8-7-23-18-27(30(42-2)19-29(23)39-11-9-25(21-39)38-12-15-43-16-13-38)36-31(34)20-32(37-35)40-28(10-14-44-40)22-5-4-6-24(33)17-22/h3-6,17-20,25,28,37H,1,7-16,21,35H2,2H3,(H2,34,36)/b32-20+/t25?,28-/m1/s1. The van der Waals surface area contributed by atoms with Gasteiger partial charge in [-0.3, -0.25) is 19.9 Å². The van der Waals surface area contributed by atoms with Crippen molar-refractivity contribution in [2.75, 3.05) is 63.3 Å². The number of halogens is 1. The van der Waals surface area contributed by atoms with Gasteiger partial charge in [-0.05, 0) is 48.2 Å². The number of allylic oxidation sites excluding steroid dienone is 1. The predicted molar refractivity (Wildman–Crippen MR) is 173 cm³/mol. The Morgan fingerprint density at radius 1 is 1.20 bits per heavy atom. The molecule has 0 aliphatic carbocycles. The molecule has 3 heterocycles. The largest absolute Gasteiger partial charge is 0.494 e. The number of aryl methyl sites for hydroxylation is 1. The zero-order chi connectivity index (χ0) is 31.1. The number of carbonyl (C=O) groups excluding carboxylic acids is 1. The number of methoxy groups -OCH3 is 1. The zero-order valence-corrected chi connectivity index (χ0v) is 25.9. The zero-order valence-electron chi connectivity index (χ0n) is 25.2. The van der Waals surface area contributed by atoms with Crippen LogP contribution in [-0.2, 0) is 20.8 Å². The third-order valence-electron chi connectivity index (χ3n) is 8.41. The topological polar surface area (TPSA) is 128 Å². The van der Waals surface area contributed by atoms with Gasteiger partial charge in [0.25, 0.3) is 0 Å². The maximum Gasteiger partial charge on any atom is 0.155 e. The van der Waals surface area contributed by atoms with E-state index in [2.05, 4.69) is 27.1 Å². The Balaban J connectivity index is 1.37. The second kappa shape index (κ2) is 14.9. The van der Waals surface area contributed by atoms with Gasteiger partial charge in [0, 0.05) is 67.9 Å². The predicted octanol–water partition coefficient (Wildman–Crippen LogP) is 4.02. The fourth-order valence-corrected chi connectivity index (χ4v) is 6.35. The Morgan fingerprint density at radius 3 is 2.75 bits per heavy atom. The number of nitrogens with one attached hydrogen (secondary N) is 3. The summed E-state index contributed by atoms with van der Waals surface area (Å²) >= 11 is 6.24. The molecule has 0 amide bonds. The average molecular weight is 624 g/mol. The number of hydrogen-bond acceptors (Lipinski definition) is 10. The highest BCUT2D eigenvalue weighted by atomic mass is 35.5. The van der Waals surface area contributed by atoms with Gasteiger partial charge in [0.05, 0.1) is 38.7 Å². The van der Waals surface area contributed by atoms with Crippen LogP contribution in [0.3, 0.4) is 0 Å². The van der Waals surface area contributed by atoms with Crippen molar-refractivity contribution in [3.8, 4) is 5.75 Å². The van der Waals surface area contributed by atoms with Crippen molar-refractivity contribution in [2.24, 2.45) is 5.84 Å². The smallest absolute Gasteiger partial charge is 0.155 e. The van der Waals surface area contributed by atoms with Gasteiger partial charge in [-0.2, -0.15) is 0 Å². The monoisotopic (exact) mass is 623 g/mol. The molecule has 2 aromatic rings. The molecule has 3 aliphatic rings. The summed E-state index contributed by atoms with van der Waals surface area (Å²) in [4.78, 5) is 23.0. The number of nitrogens with two attached hydrogens (primary N) is 1. The summed E-state index contributed by atoms with van der Waals surface area (Å²) in [5.74, 6) is 6.99. The summed E-state index contributed by atoms with van der Waals surface area (Å²) in [5, 5.41) is 14.3. The number of ether oxygens (including phenoxy) is 2. The molecule has 12 heteroatoms. The minimum absolute atomic E-state index is 0.0110. The molecular weight excluding hydrogens is 582 g/mol. The summed E-state index contributed by atoms with van der Waals surface area (Å²) < 4.78 is 11.4. The van der Waals surface area contributed by atoms with Crippen LogP contribution in [0.1, 0.15) is 36.4 Å². The number of amidine groups is 1. The third-order valence-corrected chi connectivity index (χ3v) is 8.64. The van der Waals surface area contributed by atoms with Crippen LogP contribution in [0.4, 0.5) is 11.4 Å². The van der Waals surface area contributed by atoms with Crippen molar-refractivity contribution >= 4 is 34.6 Å². The minimum atomic E-state index is -0.117. The van der Waals surface area contributed by atoms with E-state index in [-0.39, 0.29) is 17.7 Å². The highest BCUT2D eigenvalue weighted by molar-refractivity contribution is 6.30. The molecule has 0 saturated carbocycles. The lowest BCUT2D eigenvalue weighted by molar-refractivity contribution is -0.114. The summed E-state index contributed by atoms with van der Waals surface area (Å²) in [6, 6.07) is 11.9. The van der Waals surface area contributed by atoms with Gasteiger partial charge in [0.1, 0.15) is 17.4 Å². The molecule has 3 saturated heterocycles. The number of morpholine rings is 1. The van der Waals surface area contributed by atoms with Gasteiger partial charge < -0.3 is 25.1 Å². The molecule has 11 nitrogen and oxygen atoms in total. The van der Waals surface area contributed by atoms with Crippen molar-refractivity contribution in [1.82, 2.24) is 15.4 Å². The molecular formula is C32H42ClN7O4. The summed E-state index contributed by atoms with van der Waals surface area (Å²) in [5.41, 5.74) is 6.34. The quantitative estimate of drug-likeness (QED) is 0.0905. The molecule has 236 valence electrons. The van der Waals surface area contributed by atoms with E-state index in [4.69, 9.17) is 37.2 Å². The highest BCUT2D eigenvalue weighted by Gasteiger charge is 2.31. The van der Waals surface area contributed by atoms with Crippen molar-refractivity contribution in [2.45, 2.75) is 37.8 Å². The number of carbonyl (C=O) groups is 1. The number of hydrazine groups is 1. The van der Waals surface area contributed by atoms with E-state index in [0.29, 0.717) is 47.8 Å². The average Bonchev–Trinajstić information content (AvgIpc) is 3.74. The van der Waals surface area contributed by atoms with Gasteiger partial charge in [-0.25, -0.2) is 10.9 Å². The molecule has 5 N–H and O–H groups in total. The van der Waals surface area contributed by atoms with Gasteiger partial charge >= 0.3 is 0 Å². The van der Waals surface area contributed by atoms with Crippen LogP contribution >= 0.6 is 11.6 Å². The van der Waals surface area contributed by atoms with Crippen LogP contribution < -0.4 is 26.2 Å². The van der Waals surface area contributed by atoms with Gasteiger partial charge in [0.15, 0.2) is 5.78 Å². The maximum absolute atomic E-state index is 12.2. The van der Waals surface area contributed by atoms with E-state index in [9.17, 15) is 4.79 Å². The normalized spacial score (nSPS) is 20.9. The first-order valence-corrected chi connectivity index (χ1v) is 15.4. The summed E-state index contributed by atoms with van der Waals surface area (Å²) in [6.07, 6.45) is 5.63. The number of hydroxylamine groups is 2. The molecule has 0 spiro atoms. The number of anilines is 2. The van der Waals surface area contributed by atoms with Crippen LogP contribution in [0.5, 0.6) is 5.75 Å². The van der Waals surface area contributed by atoms with Crippen molar-refractivity contribution in [1.29, 1.82) is 5.41 Å². The fourth-order valence-electron chi connectivity index (χ4n) is 6.15. The van der Waals surface area contributed by atoms with E-state index < -0.39 is 0 Å². The molecule has 44 heavy (non-hydrogen) atoms. The van der Waals surface area contributed by atoms with E-state index in [1.807, 2.05) is 36.4 Å². The lowest BCUT2D eigenvalue weighted by Gasteiger charge is -2.32. The Morgan fingerprint density at radius 2 is 2.02 bits per heavy atom. The Hall–Kier alpha value is -3.61. The summed E-state index contributed by atoms with van der Waals surface area (Å²) in [7, 11) is 1.62. The fraction of sp³-hybridized carbons (Fsp3) is 0.438. The molecule has 3 aliphatic heterocycles. The third kappa shape index (κ3) is 7.54. The first-order chi connectivity index (χ1) is 21.4. The van der Waals surface area contributed by atoms with E-state index in [0.717, 1.165) is 69.0 Å². The summed E-state index contributed by atoms with van der Waals surface area (Å²) in [6.45, 7) is 9.38.